The van der Waals surface area contributed by atoms with Crippen LogP contribution < -0.4 is 10.1 Å². The molecule has 3 rings (SSSR count). The predicted molar refractivity (Wildman–Crippen MR) is 119 cm³/mol. The van der Waals surface area contributed by atoms with Gasteiger partial charge in [-0.25, -0.2) is 4.79 Å². The molecule has 6 nitrogen and oxygen atoms in total. The zero-order valence-electron chi connectivity index (χ0n) is 17.5. The summed E-state index contributed by atoms with van der Waals surface area (Å²) in [5.41, 5.74) is 2.42. The van der Waals surface area contributed by atoms with E-state index in [1.807, 2.05) is 30.3 Å². The van der Waals surface area contributed by atoms with Crippen LogP contribution in [0.5, 0.6) is 5.75 Å². The first-order valence-corrected chi connectivity index (χ1v) is 9.87. The molecule has 6 heteroatoms. The van der Waals surface area contributed by atoms with E-state index < -0.39 is 11.9 Å². The van der Waals surface area contributed by atoms with E-state index in [-0.39, 0.29) is 5.78 Å². The number of ketones is 1. The number of carbonyl (C=O) groups is 3. The van der Waals surface area contributed by atoms with Gasteiger partial charge in [0.1, 0.15) is 5.75 Å². The summed E-state index contributed by atoms with van der Waals surface area (Å²) in [6, 6.07) is 22.3. The molecule has 3 amide bonds. The second-order valence-electron chi connectivity index (χ2n) is 7.05. The lowest BCUT2D eigenvalue weighted by molar-refractivity contribution is 0.0953. The third-order valence-corrected chi connectivity index (χ3v) is 4.91. The Bertz CT molecular complexity index is 1050. The third kappa shape index (κ3) is 5.79. The average molecular weight is 416 g/mol. The van der Waals surface area contributed by atoms with Crippen LogP contribution in [0.3, 0.4) is 0 Å². The van der Waals surface area contributed by atoms with Crippen molar-refractivity contribution in [3.05, 3.63) is 101 Å². The van der Waals surface area contributed by atoms with Gasteiger partial charge in [-0.2, -0.15) is 0 Å². The number of imide groups is 1. The highest BCUT2D eigenvalue weighted by atomic mass is 16.5. The van der Waals surface area contributed by atoms with Crippen LogP contribution in [0, 0.1) is 0 Å². The van der Waals surface area contributed by atoms with Gasteiger partial charge in [-0.3, -0.25) is 14.9 Å². The summed E-state index contributed by atoms with van der Waals surface area (Å²) in [7, 11) is 3.24. The van der Waals surface area contributed by atoms with E-state index in [1.54, 1.807) is 50.6 Å². The number of ether oxygens (including phenoxy) is 1. The number of urea groups is 1. The van der Waals surface area contributed by atoms with Crippen LogP contribution >= 0.6 is 0 Å². The highest BCUT2D eigenvalue weighted by Crippen LogP contribution is 2.13. The zero-order valence-corrected chi connectivity index (χ0v) is 17.5. The molecule has 3 aromatic carbocycles. The highest BCUT2D eigenvalue weighted by molar-refractivity contribution is 6.10. The Kier molecular flexibility index (Phi) is 7.17. The van der Waals surface area contributed by atoms with E-state index in [4.69, 9.17) is 4.74 Å². The quantitative estimate of drug-likeness (QED) is 0.592. The molecule has 0 aliphatic heterocycles. The minimum Gasteiger partial charge on any atom is -0.497 e. The summed E-state index contributed by atoms with van der Waals surface area (Å²) in [5, 5.41) is 2.37. The molecule has 0 saturated carbocycles. The molecule has 0 fully saturated rings. The summed E-state index contributed by atoms with van der Waals surface area (Å²) < 4.78 is 5.13. The van der Waals surface area contributed by atoms with Gasteiger partial charge in [0.15, 0.2) is 5.78 Å². The molecule has 158 valence electrons. The number of rotatable bonds is 7. The topological polar surface area (TPSA) is 75.7 Å². The van der Waals surface area contributed by atoms with Crippen molar-refractivity contribution in [3.63, 3.8) is 0 Å². The van der Waals surface area contributed by atoms with Crippen molar-refractivity contribution in [2.45, 2.75) is 6.42 Å². The number of methoxy groups -OCH3 is 1. The Hall–Kier alpha value is -3.93. The Morgan fingerprint density at radius 1 is 0.806 bits per heavy atom. The van der Waals surface area contributed by atoms with Crippen LogP contribution in [0.4, 0.5) is 4.79 Å². The van der Waals surface area contributed by atoms with Crippen LogP contribution in [0.1, 0.15) is 31.8 Å². The molecule has 0 aromatic heterocycles. The lowest BCUT2D eigenvalue weighted by Gasteiger charge is -2.17. The maximum absolute atomic E-state index is 12.5. The number of hydrogen-bond acceptors (Lipinski definition) is 4. The van der Waals surface area contributed by atoms with E-state index in [0.29, 0.717) is 29.7 Å². The van der Waals surface area contributed by atoms with Gasteiger partial charge in [0.2, 0.25) is 0 Å². The zero-order chi connectivity index (χ0) is 22.2. The lowest BCUT2D eigenvalue weighted by atomic mass is 10.0. The molecule has 3 aromatic rings. The van der Waals surface area contributed by atoms with Gasteiger partial charge >= 0.3 is 6.03 Å². The highest BCUT2D eigenvalue weighted by Gasteiger charge is 2.15. The Labute approximate surface area is 181 Å². The third-order valence-electron chi connectivity index (χ3n) is 4.91. The number of nitrogens with one attached hydrogen (secondary N) is 1. The predicted octanol–water partition coefficient (Wildman–Crippen LogP) is 3.95. The molecule has 0 bridgehead atoms. The van der Waals surface area contributed by atoms with Gasteiger partial charge in [0.25, 0.3) is 5.91 Å². The first-order chi connectivity index (χ1) is 15.0. The molecular weight excluding hydrogens is 392 g/mol. The summed E-state index contributed by atoms with van der Waals surface area (Å²) >= 11 is 0. The van der Waals surface area contributed by atoms with Gasteiger partial charge < -0.3 is 9.64 Å². The van der Waals surface area contributed by atoms with Gasteiger partial charge in [-0.1, -0.05) is 54.6 Å². The monoisotopic (exact) mass is 416 g/mol. The molecule has 0 atom stereocenters. The van der Waals surface area contributed by atoms with Crippen LogP contribution in [0.2, 0.25) is 0 Å². The molecule has 31 heavy (non-hydrogen) atoms. The summed E-state index contributed by atoms with van der Waals surface area (Å²) in [6.45, 7) is 0.454. The molecule has 0 unspecified atom stereocenters. The molecular formula is C25H24N2O4. The van der Waals surface area contributed by atoms with E-state index in [2.05, 4.69) is 5.32 Å². The number of carbonyl (C=O) groups excluding carboxylic acids is 3. The second-order valence-corrected chi connectivity index (χ2v) is 7.05. The molecule has 0 heterocycles. The fraction of sp³-hybridized carbons (Fsp3) is 0.160. The largest absolute Gasteiger partial charge is 0.497 e. The molecule has 0 aliphatic rings. The molecule has 0 spiro atoms. The smallest absolute Gasteiger partial charge is 0.324 e. The molecule has 0 radical (unpaired) electrons. The fourth-order valence-electron chi connectivity index (χ4n) is 2.98. The summed E-state index contributed by atoms with van der Waals surface area (Å²) in [4.78, 5) is 38.6. The molecule has 1 N–H and O–H groups in total. The van der Waals surface area contributed by atoms with Crippen molar-refractivity contribution in [2.75, 3.05) is 20.7 Å². The van der Waals surface area contributed by atoms with E-state index >= 15 is 0 Å². The van der Waals surface area contributed by atoms with Crippen LogP contribution in [-0.2, 0) is 6.42 Å². The normalized spacial score (nSPS) is 10.3. The van der Waals surface area contributed by atoms with Gasteiger partial charge in [-0.05, 0) is 36.2 Å². The van der Waals surface area contributed by atoms with Crippen molar-refractivity contribution < 1.29 is 19.1 Å². The minimum absolute atomic E-state index is 0.123. The molecule has 0 saturated heterocycles. The number of benzene rings is 3. The second kappa shape index (κ2) is 10.2. The van der Waals surface area contributed by atoms with Crippen molar-refractivity contribution in [2.24, 2.45) is 0 Å². The standard InChI is InChI=1S/C25H24N2O4/c1-27(17-16-18-8-14-22(31-2)15-9-18)25(30)26-24(29)21-12-10-20(11-13-21)23(28)19-6-4-3-5-7-19/h3-15H,16-17H2,1-2H3,(H,26,29,30). The number of amides is 3. The Balaban J connectivity index is 1.53. The first-order valence-electron chi connectivity index (χ1n) is 9.87. The van der Waals surface area contributed by atoms with Crippen LogP contribution in [-0.4, -0.2) is 43.3 Å². The van der Waals surface area contributed by atoms with Crippen LogP contribution in [0.25, 0.3) is 0 Å². The average Bonchev–Trinajstić information content (AvgIpc) is 2.82. The van der Waals surface area contributed by atoms with E-state index in [1.165, 1.54) is 17.0 Å². The number of hydrogen-bond donors (Lipinski definition) is 1. The van der Waals surface area contributed by atoms with Gasteiger partial charge in [-0.15, -0.1) is 0 Å². The van der Waals surface area contributed by atoms with Crippen molar-refractivity contribution >= 4 is 17.7 Å². The maximum Gasteiger partial charge on any atom is 0.324 e. The Morgan fingerprint density at radius 2 is 1.39 bits per heavy atom. The van der Waals surface area contributed by atoms with Crippen molar-refractivity contribution in [1.29, 1.82) is 0 Å². The number of likely N-dealkylation sites (N-methyl/N-ethyl adjacent to an activating group) is 1. The van der Waals surface area contributed by atoms with Gasteiger partial charge in [0.05, 0.1) is 7.11 Å². The summed E-state index contributed by atoms with van der Waals surface area (Å²) in [5.74, 6) is 0.138. The Morgan fingerprint density at radius 3 is 2.00 bits per heavy atom. The first kappa shape index (κ1) is 21.8. The SMILES string of the molecule is COc1ccc(CCN(C)C(=O)NC(=O)c2ccc(C(=O)c3ccccc3)cc2)cc1. The van der Waals surface area contributed by atoms with Crippen molar-refractivity contribution in [1.82, 2.24) is 10.2 Å². The maximum atomic E-state index is 12.5. The van der Waals surface area contributed by atoms with E-state index in [0.717, 1.165) is 11.3 Å². The molecule has 0 aliphatic carbocycles. The fourth-order valence-corrected chi connectivity index (χ4v) is 2.98. The van der Waals surface area contributed by atoms with Gasteiger partial charge in [0, 0.05) is 30.3 Å². The lowest BCUT2D eigenvalue weighted by Crippen LogP contribution is -2.41. The minimum atomic E-state index is -0.514. The van der Waals surface area contributed by atoms with Crippen molar-refractivity contribution in [3.8, 4) is 5.75 Å². The summed E-state index contributed by atoms with van der Waals surface area (Å²) in [6.07, 6.45) is 0.651. The van der Waals surface area contributed by atoms with E-state index in [9.17, 15) is 14.4 Å². The number of nitrogens with zero attached hydrogens (tertiary/aromatic N) is 1. The van der Waals surface area contributed by atoms with Crippen LogP contribution in [0.15, 0.2) is 78.9 Å².